The van der Waals surface area contributed by atoms with Crippen LogP contribution in [-0.2, 0) is 0 Å². The number of para-hydroxylation sites is 1. The first-order valence-corrected chi connectivity index (χ1v) is 11.3. The molecule has 0 saturated heterocycles. The van der Waals surface area contributed by atoms with Crippen molar-refractivity contribution in [3.8, 4) is 0 Å². The lowest BCUT2D eigenvalue weighted by atomic mass is 9.79. The van der Waals surface area contributed by atoms with Crippen molar-refractivity contribution in [2.75, 3.05) is 10.6 Å². The van der Waals surface area contributed by atoms with Gasteiger partial charge in [-0.1, -0.05) is 60.2 Å². The Labute approximate surface area is 201 Å². The van der Waals surface area contributed by atoms with E-state index in [-0.39, 0.29) is 33.9 Å². The first kappa shape index (κ1) is 21.0. The second kappa shape index (κ2) is 7.75. The van der Waals surface area contributed by atoms with E-state index in [0.29, 0.717) is 33.6 Å². The van der Waals surface area contributed by atoms with Gasteiger partial charge < -0.3 is 15.7 Å². The van der Waals surface area contributed by atoms with Gasteiger partial charge in [-0.2, -0.15) is 0 Å². The summed E-state index contributed by atoms with van der Waals surface area (Å²) in [5.74, 6) is -1.10. The highest BCUT2D eigenvalue weighted by molar-refractivity contribution is 6.33. The Kier molecular flexibility index (Phi) is 4.65. The number of aliphatic hydroxyl groups is 1. The molecule has 35 heavy (non-hydrogen) atoms. The van der Waals surface area contributed by atoms with Gasteiger partial charge in [0.1, 0.15) is 6.10 Å². The van der Waals surface area contributed by atoms with Gasteiger partial charge in [-0.05, 0) is 31.2 Å². The van der Waals surface area contributed by atoms with Gasteiger partial charge in [0.25, 0.3) is 5.91 Å². The van der Waals surface area contributed by atoms with E-state index in [0.717, 1.165) is 5.56 Å². The second-order valence-corrected chi connectivity index (χ2v) is 8.78. The van der Waals surface area contributed by atoms with Gasteiger partial charge in [0.15, 0.2) is 11.6 Å². The maximum Gasteiger partial charge on any atom is 0.255 e. The van der Waals surface area contributed by atoms with Gasteiger partial charge in [0.05, 0.1) is 22.5 Å². The van der Waals surface area contributed by atoms with Gasteiger partial charge in [0.2, 0.25) is 0 Å². The van der Waals surface area contributed by atoms with Gasteiger partial charge in [-0.25, -0.2) is 0 Å². The quantitative estimate of drug-likeness (QED) is 0.338. The molecule has 6 nitrogen and oxygen atoms in total. The van der Waals surface area contributed by atoms with Crippen molar-refractivity contribution in [1.82, 2.24) is 0 Å². The largest absolute Gasteiger partial charge is 0.383 e. The smallest absolute Gasteiger partial charge is 0.255 e. The second-order valence-electron chi connectivity index (χ2n) is 8.78. The van der Waals surface area contributed by atoms with E-state index in [1.54, 1.807) is 54.6 Å². The van der Waals surface area contributed by atoms with Crippen molar-refractivity contribution in [2.24, 2.45) is 0 Å². The Morgan fingerprint density at radius 2 is 1.51 bits per heavy atom. The Hall–Kier alpha value is -4.55. The molecular formula is C29H20N2O4. The summed E-state index contributed by atoms with van der Waals surface area (Å²) in [5, 5.41) is 17.3. The maximum atomic E-state index is 13.7. The third-order valence-corrected chi connectivity index (χ3v) is 6.57. The van der Waals surface area contributed by atoms with Gasteiger partial charge in [-0.15, -0.1) is 0 Å². The summed E-state index contributed by atoms with van der Waals surface area (Å²) in [7, 11) is 0. The summed E-state index contributed by atoms with van der Waals surface area (Å²) in [5.41, 5.74) is 4.49. The van der Waals surface area contributed by atoms with Gasteiger partial charge in [0, 0.05) is 33.5 Å². The summed E-state index contributed by atoms with van der Waals surface area (Å²) in [6.07, 6.45) is -1.04. The molecule has 4 aromatic rings. The number of carbonyl (C=O) groups excluding carboxylic acids is 3. The molecule has 0 saturated carbocycles. The van der Waals surface area contributed by atoms with E-state index >= 15 is 0 Å². The Morgan fingerprint density at radius 3 is 2.26 bits per heavy atom. The molecule has 1 unspecified atom stereocenters. The van der Waals surface area contributed by atoms with E-state index in [2.05, 4.69) is 10.6 Å². The SMILES string of the molecule is Cc1cccc(C(=O)Nc2cc3c(c4c2C(=O)c2ccccc2C4=O)Nc2ccccc2C3O)c1. The molecule has 1 atom stereocenters. The highest BCUT2D eigenvalue weighted by Gasteiger charge is 2.38. The van der Waals surface area contributed by atoms with Crippen LogP contribution in [0.15, 0.2) is 78.9 Å². The molecule has 6 rings (SSSR count). The number of ketones is 2. The molecule has 0 bridgehead atoms. The van der Waals surface area contributed by atoms with Crippen LogP contribution in [0.1, 0.15) is 65.0 Å². The fraction of sp³-hybridized carbons (Fsp3) is 0.0690. The molecule has 1 heterocycles. The lowest BCUT2D eigenvalue weighted by molar-refractivity contribution is 0.0978. The first-order valence-electron chi connectivity index (χ1n) is 11.3. The number of fused-ring (bicyclic) bond motifs is 5. The lowest BCUT2D eigenvalue weighted by Gasteiger charge is -2.31. The van der Waals surface area contributed by atoms with Crippen molar-refractivity contribution in [1.29, 1.82) is 0 Å². The predicted octanol–water partition coefficient (Wildman–Crippen LogP) is 5.16. The highest BCUT2D eigenvalue weighted by atomic mass is 16.3. The molecule has 3 N–H and O–H groups in total. The number of hydrogen-bond acceptors (Lipinski definition) is 5. The van der Waals surface area contributed by atoms with Crippen molar-refractivity contribution >= 4 is 34.5 Å². The standard InChI is InChI=1S/C29H20N2O4/c1-15-7-6-8-16(13-15)29(35)31-22-14-20-25(30-21-12-5-4-11-19(21)26(20)32)24-23(22)27(33)17-9-2-3-10-18(17)28(24)34/h2-14,26,30,32H,1H3,(H,31,35). The number of amides is 1. The van der Waals surface area contributed by atoms with E-state index in [9.17, 15) is 19.5 Å². The van der Waals surface area contributed by atoms with Crippen LogP contribution in [0.25, 0.3) is 0 Å². The van der Waals surface area contributed by atoms with Crippen LogP contribution in [0.2, 0.25) is 0 Å². The maximum absolute atomic E-state index is 13.7. The molecule has 0 radical (unpaired) electrons. The number of anilines is 3. The van der Waals surface area contributed by atoms with Crippen LogP contribution in [0.3, 0.4) is 0 Å². The van der Waals surface area contributed by atoms with Crippen LogP contribution in [0.5, 0.6) is 0 Å². The first-order chi connectivity index (χ1) is 16.9. The minimum absolute atomic E-state index is 0.118. The summed E-state index contributed by atoms with van der Waals surface area (Å²) in [6, 6.07) is 22.6. The van der Waals surface area contributed by atoms with Crippen LogP contribution in [-0.4, -0.2) is 22.6 Å². The average Bonchev–Trinajstić information content (AvgIpc) is 2.87. The summed E-state index contributed by atoms with van der Waals surface area (Å²) < 4.78 is 0. The Balaban J connectivity index is 1.58. The number of nitrogens with one attached hydrogen (secondary N) is 2. The summed E-state index contributed by atoms with van der Waals surface area (Å²) in [4.78, 5) is 40.5. The average molecular weight is 460 g/mol. The minimum atomic E-state index is -1.04. The van der Waals surface area contributed by atoms with Crippen molar-refractivity contribution < 1.29 is 19.5 Å². The van der Waals surface area contributed by atoms with E-state index in [4.69, 9.17) is 0 Å². The number of aliphatic hydroxyl groups excluding tert-OH is 1. The molecule has 1 aliphatic carbocycles. The molecule has 6 heteroatoms. The van der Waals surface area contributed by atoms with Crippen LogP contribution in [0.4, 0.5) is 17.1 Å². The van der Waals surface area contributed by atoms with Gasteiger partial charge in [-0.3, -0.25) is 14.4 Å². The topological polar surface area (TPSA) is 95.5 Å². The van der Waals surface area contributed by atoms with Crippen LogP contribution >= 0.6 is 0 Å². The molecular weight excluding hydrogens is 440 g/mol. The van der Waals surface area contributed by atoms with E-state index in [1.165, 1.54) is 0 Å². The normalized spacial score (nSPS) is 15.3. The molecule has 2 aliphatic rings. The molecule has 1 aliphatic heterocycles. The highest BCUT2D eigenvalue weighted by Crippen LogP contribution is 2.47. The molecule has 4 aromatic carbocycles. The predicted molar refractivity (Wildman–Crippen MR) is 133 cm³/mol. The molecule has 0 spiro atoms. The molecule has 0 aromatic heterocycles. The van der Waals surface area contributed by atoms with Crippen molar-refractivity contribution in [3.63, 3.8) is 0 Å². The van der Waals surface area contributed by atoms with E-state index in [1.807, 2.05) is 31.2 Å². The lowest BCUT2D eigenvalue weighted by Crippen LogP contribution is -2.27. The third-order valence-electron chi connectivity index (χ3n) is 6.57. The van der Waals surface area contributed by atoms with Crippen molar-refractivity contribution in [2.45, 2.75) is 13.0 Å². The van der Waals surface area contributed by atoms with Crippen LogP contribution < -0.4 is 10.6 Å². The monoisotopic (exact) mass is 460 g/mol. The zero-order valence-corrected chi connectivity index (χ0v) is 18.8. The number of hydrogen-bond donors (Lipinski definition) is 3. The van der Waals surface area contributed by atoms with E-state index < -0.39 is 12.0 Å². The molecule has 0 fully saturated rings. The van der Waals surface area contributed by atoms with Crippen molar-refractivity contribution in [3.05, 3.63) is 123 Å². The minimum Gasteiger partial charge on any atom is -0.383 e. The Morgan fingerprint density at radius 1 is 0.829 bits per heavy atom. The van der Waals surface area contributed by atoms with Crippen LogP contribution in [0, 0.1) is 6.92 Å². The third kappa shape index (κ3) is 3.19. The summed E-state index contributed by atoms with van der Waals surface area (Å²) in [6.45, 7) is 1.89. The Bertz CT molecular complexity index is 1590. The number of benzene rings is 4. The van der Waals surface area contributed by atoms with Gasteiger partial charge >= 0.3 is 0 Å². The fourth-order valence-electron chi connectivity index (χ4n) is 4.90. The zero-order valence-electron chi connectivity index (χ0n) is 18.8. The number of rotatable bonds is 2. The molecule has 1 amide bonds. The molecule has 170 valence electrons. The number of aryl methyl sites for hydroxylation is 1. The number of carbonyl (C=O) groups is 3. The summed E-state index contributed by atoms with van der Waals surface area (Å²) >= 11 is 0. The fourth-order valence-corrected chi connectivity index (χ4v) is 4.90. The zero-order chi connectivity index (χ0) is 24.3.